The quantitative estimate of drug-likeness (QED) is 0.0249. The van der Waals surface area contributed by atoms with Gasteiger partial charge in [0.05, 0.1) is 18.7 Å². The number of phenolic OH excluding ortho intramolecular Hbond substituents is 1. The van der Waals surface area contributed by atoms with Gasteiger partial charge in [0.15, 0.2) is 0 Å². The van der Waals surface area contributed by atoms with Gasteiger partial charge in [-0.05, 0) is 118 Å². The molecule has 0 saturated carbocycles. The number of carboxylic acids is 1. The molecular formula is C87H126N18O17S. The zero-order valence-electron chi connectivity index (χ0n) is 72.5. The summed E-state index contributed by atoms with van der Waals surface area (Å²) in [5.74, 6) is -10.6. The number of benzene rings is 3. The topological polar surface area (TPSA) is 508 Å². The molecule has 5 aromatic rings. The maximum Gasteiger partial charge on any atom is 0.323 e. The second kappa shape index (κ2) is 47.7. The molecule has 36 heteroatoms. The summed E-state index contributed by atoms with van der Waals surface area (Å²) in [6.07, 6.45) is 8.14. The lowest BCUT2D eigenvalue weighted by atomic mass is 9.99. The number of phenols is 1. The highest BCUT2D eigenvalue weighted by atomic mass is 32.2. The lowest BCUT2D eigenvalue weighted by Gasteiger charge is -2.36. The first-order valence-electron chi connectivity index (χ1n) is 42.4. The molecule has 4 heterocycles. The summed E-state index contributed by atoms with van der Waals surface area (Å²) in [6.45, 7) is 14.1. The molecule has 10 atom stereocenters. The number of carboxylic acid groups (broad SMARTS) is 1. The molecule has 2 aromatic heterocycles. The van der Waals surface area contributed by atoms with Gasteiger partial charge in [-0.15, -0.1) is 0 Å². The van der Waals surface area contributed by atoms with Gasteiger partial charge >= 0.3 is 5.97 Å². The number of nitrogens with zero attached hydrogens (tertiary/aromatic N) is 6. The van der Waals surface area contributed by atoms with Crippen LogP contribution in [-0.2, 0) is 97.7 Å². The number of amides is 14. The molecule has 123 heavy (non-hydrogen) atoms. The van der Waals surface area contributed by atoms with Crippen molar-refractivity contribution in [2.75, 3.05) is 65.4 Å². The number of thioether (sulfide) groups is 1. The maximum atomic E-state index is 15.6. The van der Waals surface area contributed by atoms with Crippen molar-refractivity contribution in [3.05, 3.63) is 113 Å². The molecule has 7 rings (SSSR count). The van der Waals surface area contributed by atoms with Crippen molar-refractivity contribution < 1.29 is 82.1 Å². The zero-order chi connectivity index (χ0) is 90.5. The van der Waals surface area contributed by atoms with Crippen LogP contribution in [0, 0.1) is 11.8 Å². The molecule has 2 aliphatic rings. The summed E-state index contributed by atoms with van der Waals surface area (Å²) < 4.78 is 1.52. The van der Waals surface area contributed by atoms with Crippen LogP contribution in [0.25, 0.3) is 21.8 Å². The highest BCUT2D eigenvalue weighted by molar-refractivity contribution is 7.99. The van der Waals surface area contributed by atoms with E-state index in [0.29, 0.717) is 85.1 Å². The van der Waals surface area contributed by atoms with Crippen LogP contribution in [0.1, 0.15) is 162 Å². The third-order valence-corrected chi connectivity index (χ3v) is 23.3. The number of para-hydroxylation sites is 2. The number of aromatic nitrogens is 2. The lowest BCUT2D eigenvalue weighted by molar-refractivity contribution is -0.149. The second-order valence-corrected chi connectivity index (χ2v) is 33.7. The number of likely N-dealkylation sites (N-methyl/N-ethyl adjacent to an activating group) is 3. The monoisotopic (exact) mass is 1730 g/mol. The number of H-pyrrole nitrogens is 1. The Bertz CT molecular complexity index is 4590. The van der Waals surface area contributed by atoms with Crippen molar-refractivity contribution in [1.82, 2.24) is 76.6 Å². The van der Waals surface area contributed by atoms with Gasteiger partial charge < -0.3 is 104 Å². The number of carbonyl (C=O) groups is 15. The van der Waals surface area contributed by atoms with E-state index in [1.54, 1.807) is 35.4 Å². The molecule has 0 bridgehead atoms. The number of nitrogens with one attached hydrogen (secondary N) is 9. The fourth-order valence-corrected chi connectivity index (χ4v) is 16.0. The van der Waals surface area contributed by atoms with Gasteiger partial charge in [0, 0.05) is 124 Å². The Morgan fingerprint density at radius 2 is 1.24 bits per heavy atom. The number of aromatic hydroxyl groups is 1. The number of aliphatic carboxylic acids is 1. The second-order valence-electron chi connectivity index (χ2n) is 32.6. The van der Waals surface area contributed by atoms with E-state index >= 15 is 9.59 Å². The Kier molecular flexibility index (Phi) is 38.3. The summed E-state index contributed by atoms with van der Waals surface area (Å²) in [5.41, 5.74) is 21.1. The van der Waals surface area contributed by atoms with Gasteiger partial charge in [-0.2, -0.15) is 11.8 Å². The van der Waals surface area contributed by atoms with E-state index in [1.165, 1.54) is 66.7 Å². The largest absolute Gasteiger partial charge is 0.508 e. The Balaban J connectivity index is 1.03. The van der Waals surface area contributed by atoms with Crippen LogP contribution < -0.4 is 59.7 Å². The highest BCUT2D eigenvalue weighted by Gasteiger charge is 2.43. The van der Waals surface area contributed by atoms with Gasteiger partial charge in [0.25, 0.3) is 0 Å². The first kappa shape index (κ1) is 98.6. The van der Waals surface area contributed by atoms with E-state index in [4.69, 9.17) is 17.2 Å². The normalized spacial score (nSPS) is 15.9. The Morgan fingerprint density at radius 3 is 1.89 bits per heavy atom. The molecule has 0 radical (unpaired) electrons. The molecule has 0 aliphatic carbocycles. The van der Waals surface area contributed by atoms with Gasteiger partial charge in [-0.3, -0.25) is 71.9 Å². The number of fused-ring (bicyclic) bond motifs is 2. The van der Waals surface area contributed by atoms with Crippen molar-refractivity contribution in [3.63, 3.8) is 0 Å². The minimum Gasteiger partial charge on any atom is -0.508 e. The minimum atomic E-state index is -1.59. The van der Waals surface area contributed by atoms with Crippen LogP contribution in [-0.4, -0.2) is 259 Å². The molecule has 672 valence electrons. The molecular weight excluding hydrogens is 1600 g/mol. The summed E-state index contributed by atoms with van der Waals surface area (Å²) >= 11 is 1.11. The van der Waals surface area contributed by atoms with Crippen LogP contribution in [0.15, 0.2) is 96.6 Å². The number of carbonyl (C=O) groups excluding carboxylic acids is 14. The van der Waals surface area contributed by atoms with Crippen LogP contribution >= 0.6 is 11.8 Å². The number of allylic oxidation sites excluding steroid dienone is 2. The molecule has 17 N–H and O–H groups in total. The number of hydrogen-bond acceptors (Lipinski definition) is 19. The number of likely N-dealkylation sites (tertiary alicyclic amines) is 2. The Hall–Kier alpha value is -11.6. The Labute approximate surface area is 722 Å². The Morgan fingerprint density at radius 1 is 0.618 bits per heavy atom. The molecule has 35 nitrogen and oxygen atoms in total. The fourth-order valence-electron chi connectivity index (χ4n) is 15.4. The number of rotatable bonds is 49. The molecule has 3 aromatic carbocycles. The molecule has 0 spiro atoms. The fraction of sp³-hybridized carbons (Fsp3) is 0.552. The van der Waals surface area contributed by atoms with Crippen molar-refractivity contribution in [2.45, 2.75) is 232 Å². The molecule has 2 saturated heterocycles. The third-order valence-electron chi connectivity index (χ3n) is 22.3. The van der Waals surface area contributed by atoms with Gasteiger partial charge in [-0.25, -0.2) is 0 Å². The number of nitrogens with two attached hydrogens (primary N) is 3. The van der Waals surface area contributed by atoms with Crippen LogP contribution in [0.4, 0.5) is 0 Å². The van der Waals surface area contributed by atoms with Gasteiger partial charge in [0.2, 0.25) is 82.7 Å². The van der Waals surface area contributed by atoms with E-state index < -0.39 is 163 Å². The van der Waals surface area contributed by atoms with Crippen molar-refractivity contribution in [3.8, 4) is 5.75 Å². The van der Waals surface area contributed by atoms with Crippen molar-refractivity contribution >= 4 is 122 Å². The number of unbranched alkanes of at least 4 members (excludes halogenated alkanes) is 2. The first-order chi connectivity index (χ1) is 58.5. The summed E-state index contributed by atoms with van der Waals surface area (Å²) in [6, 6.07) is 8.05. The standard InChI is InChI=1S/C87H126N18O17S/c1-12-14-25-70(82(117)97-62(40-52(5)6)80(115)91-36-39-123-50-75(109)96-64(41-55-31-33-58(106)34-32-55)84(119)100(9)54(8)79(114)98-66(44-73(89)107)86(121)105-38-21-29-71(105)83(118)99-67(45-88)78(90)113)101(10)87(122)72(26-15-13-2)102(11)85(120)65(43-57-48-103(49-77(111)112)69-27-19-17-23-60(57)69)95-74(108)47-93-81(116)63(42-56-46-92-61-24-18-16-22-59(56)61)94-53(7)68-28-20-37-104(68)76(110)35-30-51(3)4/h16-19,22-24,27,31-34,46,48,51-52,54,62-67,70-72,92,94,106H,12-15,20-21,25-26,28-30,35-45,47,49-50,88H2,1-11H3,(H2,89,107)(H2,90,113)(H,91,115)(H,93,116)(H,95,108)(H,96,109)(H,97,117)(H,98,114)(H,99,118)(H,111,112)/b68-53-/t54-,62-,63-,64-,65-,66-,67-,70-,71?,72-/m0/s1. The smallest absolute Gasteiger partial charge is 0.323 e. The van der Waals surface area contributed by atoms with E-state index in [-0.39, 0.29) is 93.7 Å². The summed E-state index contributed by atoms with van der Waals surface area (Å²) in [4.78, 5) is 219. The number of aromatic amines is 1. The highest BCUT2D eigenvalue weighted by Crippen LogP contribution is 2.29. The van der Waals surface area contributed by atoms with Crippen molar-refractivity contribution in [1.29, 1.82) is 0 Å². The number of primary amides is 2. The predicted molar refractivity (Wildman–Crippen MR) is 465 cm³/mol. The molecule has 14 amide bonds. The van der Waals surface area contributed by atoms with Gasteiger partial charge in [0.1, 0.15) is 72.7 Å². The molecule has 2 aliphatic heterocycles. The van der Waals surface area contributed by atoms with Gasteiger partial charge in [-0.1, -0.05) is 116 Å². The summed E-state index contributed by atoms with van der Waals surface area (Å²) in [7, 11) is 4.20. The third kappa shape index (κ3) is 28.5. The summed E-state index contributed by atoms with van der Waals surface area (Å²) in [5, 5.41) is 44.0. The van der Waals surface area contributed by atoms with E-state index in [9.17, 15) is 72.5 Å². The number of hydrogen-bond donors (Lipinski definition) is 14. The van der Waals surface area contributed by atoms with Crippen molar-refractivity contribution in [2.24, 2.45) is 29.0 Å². The maximum absolute atomic E-state index is 15.6. The molecule has 1 unspecified atom stereocenters. The molecule has 2 fully saturated rings. The van der Waals surface area contributed by atoms with E-state index in [1.807, 2.05) is 65.1 Å². The van der Waals surface area contributed by atoms with Crippen LogP contribution in [0.2, 0.25) is 0 Å². The average Bonchev–Trinajstić information content (AvgIpc) is 1.69. The predicted octanol–water partition coefficient (Wildman–Crippen LogP) is 2.82. The first-order valence-corrected chi connectivity index (χ1v) is 43.5. The van der Waals surface area contributed by atoms with Crippen LogP contribution in [0.5, 0.6) is 5.75 Å². The van der Waals surface area contributed by atoms with E-state index in [0.717, 1.165) is 56.6 Å². The lowest BCUT2D eigenvalue weighted by Crippen LogP contribution is -2.59. The zero-order valence-corrected chi connectivity index (χ0v) is 73.3. The average molecular weight is 1730 g/mol. The van der Waals surface area contributed by atoms with E-state index in [2.05, 4.69) is 61.4 Å². The minimum absolute atomic E-state index is 0.00137. The SMILES string of the molecule is CCCC[C@@H](C(=O)N(C)[C@@H](CCCC)C(=O)N[C@@H](CC(C)C)C(=O)NCCSCC(=O)N[C@@H](Cc1ccc(O)cc1)C(=O)N(C)[C@@H](C)C(=O)N[C@@H](CC(N)=O)C(=O)N1CCCC1C(=O)N[C@@H](CN)C(N)=O)N(C)C(=O)[C@H](Cc1cn(CC(=O)O)c2ccccc12)NC(=O)CNC(=O)[C@H](Cc1c[nH]c2ccccc12)N/C(C)=C1/CCCN1C(=O)CCC(C)C. The van der Waals surface area contributed by atoms with Crippen LogP contribution in [0.3, 0.4) is 0 Å².